The van der Waals surface area contributed by atoms with Crippen LogP contribution in [-0.4, -0.2) is 46.7 Å². The van der Waals surface area contributed by atoms with Crippen LogP contribution in [-0.2, 0) is 4.74 Å². The third kappa shape index (κ3) is 2.27. The van der Waals surface area contributed by atoms with Gasteiger partial charge in [-0.2, -0.15) is 0 Å². The minimum Gasteiger partial charge on any atom is -0.438 e. The van der Waals surface area contributed by atoms with E-state index in [0.717, 1.165) is 24.6 Å². The minimum atomic E-state index is -0.285. The van der Waals surface area contributed by atoms with Gasteiger partial charge in [-0.05, 0) is 33.6 Å². The van der Waals surface area contributed by atoms with Gasteiger partial charge < -0.3 is 10.5 Å². The van der Waals surface area contributed by atoms with Crippen molar-refractivity contribution in [2.75, 3.05) is 7.05 Å². The molecule has 0 bridgehead atoms. The Morgan fingerprint density at radius 2 is 2.00 bits per heavy atom. The summed E-state index contributed by atoms with van der Waals surface area (Å²) >= 11 is 0. The highest BCUT2D eigenvalue weighted by Crippen LogP contribution is 2.33. The molecule has 1 aliphatic carbocycles. The number of hydrogen-bond acceptors (Lipinski definition) is 5. The average molecular weight is 262 g/mol. The van der Waals surface area contributed by atoms with E-state index in [1.54, 1.807) is 4.68 Å². The Morgan fingerprint density at radius 3 is 2.58 bits per heavy atom. The highest BCUT2D eigenvalue weighted by Gasteiger charge is 2.46. The Hall–Kier alpha value is -1.72. The van der Waals surface area contributed by atoms with Gasteiger partial charge in [0.15, 0.2) is 18.6 Å². The lowest BCUT2D eigenvalue weighted by molar-refractivity contribution is -0.509. The second-order valence-corrected chi connectivity index (χ2v) is 6.22. The molecule has 1 fully saturated rings. The summed E-state index contributed by atoms with van der Waals surface area (Å²) in [6.07, 6.45) is 2.31. The van der Waals surface area contributed by atoms with Crippen LogP contribution >= 0.6 is 0 Å². The summed E-state index contributed by atoms with van der Waals surface area (Å²) < 4.78 is 7.70. The molecule has 3 aliphatic rings. The first kappa shape index (κ1) is 12.3. The maximum absolute atomic E-state index is 6.01. The van der Waals surface area contributed by atoms with Crippen LogP contribution in [0.1, 0.15) is 33.6 Å². The molecule has 6 heteroatoms. The van der Waals surface area contributed by atoms with Gasteiger partial charge in [-0.25, -0.2) is 9.98 Å². The van der Waals surface area contributed by atoms with E-state index in [9.17, 15) is 0 Å². The van der Waals surface area contributed by atoms with E-state index in [4.69, 9.17) is 10.5 Å². The van der Waals surface area contributed by atoms with Crippen molar-refractivity contribution in [3.8, 4) is 0 Å². The largest absolute Gasteiger partial charge is 0.438 e. The highest BCUT2D eigenvalue weighted by molar-refractivity contribution is 6.49. The average Bonchev–Trinajstić information content (AvgIpc) is 3.07. The molecule has 0 aromatic carbocycles. The summed E-state index contributed by atoms with van der Waals surface area (Å²) in [4.78, 5) is 9.06. The van der Waals surface area contributed by atoms with Crippen LogP contribution in [0, 0.1) is 5.92 Å². The molecule has 1 atom stereocenters. The predicted octanol–water partition coefficient (Wildman–Crippen LogP) is 0.760. The maximum Gasteiger partial charge on any atom is 0.399 e. The SMILES string of the molecule is C[N+]1=C(OC(C)(C)C)C2N=C(C3CC3)N=C(N)C2=N1. The van der Waals surface area contributed by atoms with Gasteiger partial charge in [-0.1, -0.05) is 4.68 Å². The minimum absolute atomic E-state index is 0.225. The third-order valence-electron chi connectivity index (χ3n) is 3.18. The number of nitrogens with two attached hydrogens (primary N) is 1. The lowest BCUT2D eigenvalue weighted by Crippen LogP contribution is -2.43. The standard InChI is InChI=1S/C13H20N5O/c1-13(2,3)19-12-9-8(17-18(12)4)10(14)16-11(15-9)7-5-6-7/h7,9H,5-6H2,1-4H3,(H2,14,15,16)/q+1. The molecule has 0 saturated heterocycles. The lowest BCUT2D eigenvalue weighted by Gasteiger charge is -2.21. The zero-order valence-corrected chi connectivity index (χ0v) is 11.8. The molecular formula is C13H20N5O+. The molecule has 1 unspecified atom stereocenters. The summed E-state index contributed by atoms with van der Waals surface area (Å²) in [5.74, 6) is 2.54. The van der Waals surface area contributed by atoms with E-state index >= 15 is 0 Å². The van der Waals surface area contributed by atoms with Crippen LogP contribution < -0.4 is 5.73 Å². The number of rotatable bonds is 1. The van der Waals surface area contributed by atoms with E-state index in [1.165, 1.54) is 0 Å². The molecule has 6 nitrogen and oxygen atoms in total. The molecule has 1 saturated carbocycles. The van der Waals surface area contributed by atoms with Crippen molar-refractivity contribution in [1.29, 1.82) is 0 Å². The summed E-state index contributed by atoms with van der Waals surface area (Å²) in [7, 11) is 1.85. The zero-order chi connectivity index (χ0) is 13.8. The summed E-state index contributed by atoms with van der Waals surface area (Å²) in [5, 5.41) is 4.40. The molecule has 0 aromatic heterocycles. The van der Waals surface area contributed by atoms with Crippen molar-refractivity contribution >= 4 is 23.3 Å². The fourth-order valence-corrected chi connectivity index (χ4v) is 2.18. The second-order valence-electron chi connectivity index (χ2n) is 6.22. The molecule has 0 aromatic rings. The van der Waals surface area contributed by atoms with Crippen LogP contribution in [0.25, 0.3) is 0 Å². The fraction of sp³-hybridized carbons (Fsp3) is 0.692. The van der Waals surface area contributed by atoms with E-state index in [2.05, 4.69) is 15.1 Å². The first-order valence-corrected chi connectivity index (χ1v) is 6.65. The fourth-order valence-electron chi connectivity index (χ4n) is 2.18. The molecular weight excluding hydrogens is 242 g/mol. The first-order valence-electron chi connectivity index (χ1n) is 6.65. The number of fused-ring (bicyclic) bond motifs is 1. The van der Waals surface area contributed by atoms with Crippen LogP contribution in [0.15, 0.2) is 15.1 Å². The molecule has 102 valence electrons. The van der Waals surface area contributed by atoms with E-state index in [1.807, 2.05) is 27.8 Å². The number of amidine groups is 2. The van der Waals surface area contributed by atoms with Gasteiger partial charge in [-0.15, -0.1) is 0 Å². The predicted molar refractivity (Wildman–Crippen MR) is 75.0 cm³/mol. The molecule has 0 spiro atoms. The lowest BCUT2D eigenvalue weighted by atomic mass is 10.1. The van der Waals surface area contributed by atoms with E-state index in [0.29, 0.717) is 17.5 Å². The molecule has 0 amide bonds. The Morgan fingerprint density at radius 1 is 1.32 bits per heavy atom. The number of hydrazone groups is 1. The normalized spacial score (nSPS) is 26.7. The number of ether oxygens (including phenoxy) is 1. The third-order valence-corrected chi connectivity index (χ3v) is 3.18. The van der Waals surface area contributed by atoms with Crippen LogP contribution in [0.2, 0.25) is 0 Å². The van der Waals surface area contributed by atoms with E-state index < -0.39 is 0 Å². The molecule has 2 N–H and O–H groups in total. The van der Waals surface area contributed by atoms with Gasteiger partial charge in [-0.3, -0.25) is 0 Å². The molecule has 2 aliphatic heterocycles. The smallest absolute Gasteiger partial charge is 0.399 e. The molecule has 2 heterocycles. The molecule has 0 radical (unpaired) electrons. The monoisotopic (exact) mass is 262 g/mol. The van der Waals surface area contributed by atoms with Crippen LogP contribution in [0.4, 0.5) is 0 Å². The van der Waals surface area contributed by atoms with Gasteiger partial charge in [0.2, 0.25) is 6.04 Å². The van der Waals surface area contributed by atoms with Gasteiger partial charge in [0, 0.05) is 11.0 Å². The van der Waals surface area contributed by atoms with Gasteiger partial charge in [0.05, 0.1) is 0 Å². The molecule has 19 heavy (non-hydrogen) atoms. The quantitative estimate of drug-likeness (QED) is 0.708. The molecule has 3 rings (SSSR count). The van der Waals surface area contributed by atoms with Crippen LogP contribution in [0.5, 0.6) is 0 Å². The van der Waals surface area contributed by atoms with Crippen molar-refractivity contribution in [3.05, 3.63) is 0 Å². The Bertz CT molecular complexity index is 546. The van der Waals surface area contributed by atoms with Crippen molar-refractivity contribution in [1.82, 2.24) is 0 Å². The van der Waals surface area contributed by atoms with E-state index in [-0.39, 0.29) is 11.6 Å². The highest BCUT2D eigenvalue weighted by atomic mass is 16.5. The Balaban J connectivity index is 1.93. The van der Waals surface area contributed by atoms with Crippen LogP contribution in [0.3, 0.4) is 0 Å². The van der Waals surface area contributed by atoms with Crippen molar-refractivity contribution in [2.45, 2.75) is 45.3 Å². The van der Waals surface area contributed by atoms with Crippen molar-refractivity contribution in [2.24, 2.45) is 26.7 Å². The number of hydrogen-bond donors (Lipinski definition) is 1. The zero-order valence-electron chi connectivity index (χ0n) is 11.8. The maximum atomic E-state index is 6.01. The summed E-state index contributed by atoms with van der Waals surface area (Å²) in [5.41, 5.74) is 6.42. The second kappa shape index (κ2) is 3.88. The Labute approximate surface area is 112 Å². The van der Waals surface area contributed by atoms with Crippen molar-refractivity contribution < 1.29 is 9.42 Å². The topological polar surface area (TPSA) is 75.3 Å². The summed E-state index contributed by atoms with van der Waals surface area (Å²) in [6.45, 7) is 6.03. The van der Waals surface area contributed by atoms with Crippen molar-refractivity contribution in [3.63, 3.8) is 0 Å². The van der Waals surface area contributed by atoms with Gasteiger partial charge in [0.25, 0.3) is 0 Å². The van der Waals surface area contributed by atoms with Gasteiger partial charge in [0.1, 0.15) is 11.4 Å². The van der Waals surface area contributed by atoms with Gasteiger partial charge >= 0.3 is 5.90 Å². The number of aliphatic imine (C=N–C) groups is 2. The summed E-state index contributed by atoms with van der Waals surface area (Å²) in [6, 6.07) is -0.225. The number of nitrogens with zero attached hydrogens (tertiary/aromatic N) is 4. The first-order chi connectivity index (χ1) is 8.85. The Kier molecular flexibility index (Phi) is 2.52.